The number of rotatable bonds is 11. The highest BCUT2D eigenvalue weighted by molar-refractivity contribution is 6.07. The number of nitrogens with one attached hydrogen (secondary N) is 2. The Bertz CT molecular complexity index is 1790. The minimum Gasteiger partial charge on any atom is -0.495 e. The summed E-state index contributed by atoms with van der Waals surface area (Å²) in [4.78, 5) is 79.2. The average molecular weight is 687 g/mol. The van der Waals surface area contributed by atoms with E-state index in [-0.39, 0.29) is 42.5 Å². The smallest absolute Gasteiger partial charge is 0.407 e. The summed E-state index contributed by atoms with van der Waals surface area (Å²) in [5.41, 5.74) is 3.19. The number of imide groups is 1. The molecule has 14 nitrogen and oxygen atoms in total. The largest absolute Gasteiger partial charge is 0.495 e. The number of alkyl carbamates (subject to hydrolysis) is 1. The normalized spacial score (nSPS) is 14.7. The van der Waals surface area contributed by atoms with E-state index in [0.29, 0.717) is 0 Å². The molecule has 0 saturated carbocycles. The molecule has 2 aliphatic rings. The molecule has 3 aromatic carbocycles. The zero-order chi connectivity index (χ0) is 36.2. The number of anilines is 1. The van der Waals surface area contributed by atoms with Crippen molar-refractivity contribution in [1.29, 1.82) is 0 Å². The maximum Gasteiger partial charge on any atom is 0.407 e. The van der Waals surface area contributed by atoms with E-state index in [1.807, 2.05) is 48.5 Å². The molecular weight excluding hydrogens is 648 g/mol. The fourth-order valence-corrected chi connectivity index (χ4v) is 5.93. The van der Waals surface area contributed by atoms with Crippen molar-refractivity contribution in [3.63, 3.8) is 0 Å². The maximum absolute atomic E-state index is 13.5. The van der Waals surface area contributed by atoms with Crippen LogP contribution in [-0.2, 0) is 23.9 Å². The Morgan fingerprint density at radius 1 is 0.960 bits per heavy atom. The zero-order valence-electron chi connectivity index (χ0n) is 28.1. The third-order valence-corrected chi connectivity index (χ3v) is 8.18. The summed E-state index contributed by atoms with van der Waals surface area (Å²) in [5, 5.41) is 14.3. The number of carboxylic acid groups (broad SMARTS) is 1. The van der Waals surface area contributed by atoms with Gasteiger partial charge in [-0.2, -0.15) is 0 Å². The molecule has 1 fully saturated rings. The van der Waals surface area contributed by atoms with Crippen molar-refractivity contribution in [2.24, 2.45) is 0 Å². The molecule has 3 N–H and O–H groups in total. The Hall–Kier alpha value is -5.92. The van der Waals surface area contributed by atoms with Crippen LogP contribution in [-0.4, -0.2) is 84.5 Å². The Balaban J connectivity index is 1.28. The average Bonchev–Trinajstić information content (AvgIpc) is 3.39. The van der Waals surface area contributed by atoms with Crippen molar-refractivity contribution in [2.45, 2.75) is 51.2 Å². The topological polar surface area (TPSA) is 181 Å². The molecule has 1 aliphatic carbocycles. The van der Waals surface area contributed by atoms with Gasteiger partial charge in [0.05, 0.1) is 24.8 Å². The number of fused-ring (bicyclic) bond motifs is 3. The molecule has 5 amide bonds. The predicted molar refractivity (Wildman–Crippen MR) is 180 cm³/mol. The molecule has 5 rings (SSSR count). The first kappa shape index (κ1) is 35.4. The van der Waals surface area contributed by atoms with Crippen molar-refractivity contribution in [3.8, 4) is 16.9 Å². The standard InChI is InChI=1S/C36H38N4O10/c1-36(2,3)50-31(42)18-27(38-34(46)49-19-26-24-11-7-5-9-22(24)23-10-6-8-12-25(23)26)32(43)37-20-40-30(41)15-16-39(35(40)47)28-17-21(33(44)45)13-14-29(28)48-4/h5-14,17,26-27H,15-16,18-20H2,1-4H3,(H,37,43)(H,38,46)(H,44,45). The molecule has 1 unspecified atom stereocenters. The first-order chi connectivity index (χ1) is 23.8. The number of aromatic carboxylic acids is 1. The van der Waals surface area contributed by atoms with Crippen molar-refractivity contribution in [1.82, 2.24) is 15.5 Å². The van der Waals surface area contributed by atoms with Crippen LogP contribution in [0.2, 0.25) is 0 Å². The summed E-state index contributed by atoms with van der Waals surface area (Å²) < 4.78 is 16.3. The number of carbonyl (C=O) groups is 6. The molecule has 0 bridgehead atoms. The Kier molecular flexibility index (Phi) is 10.4. The molecule has 0 aromatic heterocycles. The van der Waals surface area contributed by atoms with Crippen LogP contribution in [0.1, 0.15) is 61.0 Å². The number of hydrogen-bond acceptors (Lipinski definition) is 9. The Morgan fingerprint density at radius 3 is 2.20 bits per heavy atom. The minimum absolute atomic E-state index is 0.0419. The second kappa shape index (κ2) is 14.7. The van der Waals surface area contributed by atoms with Crippen LogP contribution in [0.5, 0.6) is 5.75 Å². The molecule has 3 aromatic rings. The van der Waals surface area contributed by atoms with Crippen molar-refractivity contribution in [2.75, 3.05) is 31.8 Å². The lowest BCUT2D eigenvalue weighted by Crippen LogP contribution is -2.57. The second-order valence-electron chi connectivity index (χ2n) is 12.7. The van der Waals surface area contributed by atoms with Gasteiger partial charge in [-0.3, -0.25) is 19.3 Å². The van der Waals surface area contributed by atoms with E-state index in [1.54, 1.807) is 20.8 Å². The molecule has 0 spiro atoms. The summed E-state index contributed by atoms with van der Waals surface area (Å²) >= 11 is 0. The van der Waals surface area contributed by atoms with Crippen molar-refractivity contribution in [3.05, 3.63) is 83.4 Å². The second-order valence-corrected chi connectivity index (χ2v) is 12.7. The van der Waals surface area contributed by atoms with Gasteiger partial charge in [0, 0.05) is 18.9 Å². The number of methoxy groups -OCH3 is 1. The van der Waals surface area contributed by atoms with Gasteiger partial charge in [0.15, 0.2) is 0 Å². The van der Waals surface area contributed by atoms with E-state index in [4.69, 9.17) is 14.2 Å². The Morgan fingerprint density at radius 2 is 1.60 bits per heavy atom. The predicted octanol–water partition coefficient (Wildman–Crippen LogP) is 4.26. The maximum atomic E-state index is 13.5. The van der Waals surface area contributed by atoms with Crippen LogP contribution in [0, 0.1) is 0 Å². The van der Waals surface area contributed by atoms with Crippen LogP contribution in [0.4, 0.5) is 15.3 Å². The Labute approximate surface area is 288 Å². The molecule has 262 valence electrons. The van der Waals surface area contributed by atoms with Crippen LogP contribution in [0.25, 0.3) is 11.1 Å². The quantitative estimate of drug-likeness (QED) is 0.247. The van der Waals surface area contributed by atoms with Crippen LogP contribution in [0.15, 0.2) is 66.7 Å². The van der Waals surface area contributed by atoms with Crippen molar-refractivity contribution >= 4 is 41.6 Å². The molecule has 1 saturated heterocycles. The van der Waals surface area contributed by atoms with Crippen molar-refractivity contribution < 1.29 is 48.1 Å². The summed E-state index contributed by atoms with van der Waals surface area (Å²) in [6, 6.07) is 17.2. The highest BCUT2D eigenvalue weighted by Crippen LogP contribution is 2.44. The molecular formula is C36H38N4O10. The van der Waals surface area contributed by atoms with Crippen LogP contribution in [0.3, 0.4) is 0 Å². The van der Waals surface area contributed by atoms with E-state index in [2.05, 4.69) is 10.6 Å². The van der Waals surface area contributed by atoms with E-state index >= 15 is 0 Å². The zero-order valence-corrected chi connectivity index (χ0v) is 28.1. The third kappa shape index (κ3) is 7.86. The van der Waals surface area contributed by atoms with Gasteiger partial charge in [-0.1, -0.05) is 48.5 Å². The van der Waals surface area contributed by atoms with Crippen LogP contribution >= 0.6 is 0 Å². The number of amides is 5. The van der Waals surface area contributed by atoms with E-state index in [0.717, 1.165) is 27.2 Å². The van der Waals surface area contributed by atoms with E-state index in [9.17, 15) is 33.9 Å². The molecule has 1 aliphatic heterocycles. The molecule has 14 heteroatoms. The molecule has 0 radical (unpaired) electrons. The number of carboxylic acids is 1. The molecule has 1 heterocycles. The molecule has 50 heavy (non-hydrogen) atoms. The highest BCUT2D eigenvalue weighted by Gasteiger charge is 2.36. The first-order valence-corrected chi connectivity index (χ1v) is 15.9. The van der Waals surface area contributed by atoms with Gasteiger partial charge in [0.1, 0.15) is 30.7 Å². The van der Waals surface area contributed by atoms with Crippen LogP contribution < -0.4 is 20.3 Å². The number of benzene rings is 3. The lowest BCUT2D eigenvalue weighted by molar-refractivity contribution is -0.156. The number of carbonyl (C=O) groups excluding carboxylic acids is 5. The monoisotopic (exact) mass is 686 g/mol. The molecule has 1 atom stereocenters. The van der Waals surface area contributed by atoms with Gasteiger partial charge < -0.3 is 30.0 Å². The van der Waals surface area contributed by atoms with Gasteiger partial charge in [0.25, 0.3) is 0 Å². The minimum atomic E-state index is -1.49. The number of urea groups is 1. The summed E-state index contributed by atoms with van der Waals surface area (Å²) in [6.45, 7) is 4.25. The van der Waals surface area contributed by atoms with E-state index in [1.165, 1.54) is 30.2 Å². The number of ether oxygens (including phenoxy) is 3. The summed E-state index contributed by atoms with van der Waals surface area (Å²) in [7, 11) is 1.35. The SMILES string of the molecule is COc1ccc(C(=O)O)cc1N1CCC(=O)N(CNC(=O)C(CC(=O)OC(C)(C)C)NC(=O)OCC2c3ccccc3-c3ccccc32)C1=O. The van der Waals surface area contributed by atoms with Gasteiger partial charge in [-0.15, -0.1) is 0 Å². The summed E-state index contributed by atoms with van der Waals surface area (Å²) in [5.74, 6) is -3.54. The number of esters is 1. The van der Waals surface area contributed by atoms with Gasteiger partial charge in [-0.05, 0) is 61.2 Å². The lowest BCUT2D eigenvalue weighted by atomic mass is 9.98. The van der Waals surface area contributed by atoms with Gasteiger partial charge in [-0.25, -0.2) is 19.3 Å². The third-order valence-electron chi connectivity index (χ3n) is 8.18. The van der Waals surface area contributed by atoms with Gasteiger partial charge in [0.2, 0.25) is 11.8 Å². The number of hydrogen-bond donors (Lipinski definition) is 3. The lowest BCUT2D eigenvalue weighted by Gasteiger charge is -2.35. The first-order valence-electron chi connectivity index (χ1n) is 15.9. The number of nitrogens with zero attached hydrogens (tertiary/aromatic N) is 2. The fraction of sp³-hybridized carbons (Fsp3) is 0.333. The van der Waals surface area contributed by atoms with Gasteiger partial charge >= 0.3 is 24.1 Å². The summed E-state index contributed by atoms with van der Waals surface area (Å²) in [6.07, 6.45) is -1.67. The highest BCUT2D eigenvalue weighted by atomic mass is 16.6. The fourth-order valence-electron chi connectivity index (χ4n) is 5.93. The van der Waals surface area contributed by atoms with E-state index < -0.39 is 60.6 Å².